The van der Waals surface area contributed by atoms with Gasteiger partial charge in [-0.05, 0) is 47.6 Å². The monoisotopic (exact) mass is 414 g/mol. The number of rotatable bonds is 3. The molecule has 1 aromatic heterocycles. The lowest BCUT2D eigenvalue weighted by atomic mass is 10.0. The van der Waals surface area contributed by atoms with Crippen LogP contribution in [-0.2, 0) is 4.79 Å². The minimum atomic E-state index is 0.0170. The smallest absolute Gasteiger partial charge is 0.247 e. The molecule has 0 unspecified atom stereocenters. The fraction of sp³-hybridized carbons (Fsp3) is 0.130. The third kappa shape index (κ3) is 2.90. The van der Waals surface area contributed by atoms with Crippen LogP contribution in [0.3, 0.4) is 0 Å². The summed E-state index contributed by atoms with van der Waals surface area (Å²) in [5, 5.41) is 8.41. The van der Waals surface area contributed by atoms with Crippen LogP contribution in [0.15, 0.2) is 87.8 Å². The van der Waals surface area contributed by atoms with E-state index < -0.39 is 0 Å². The summed E-state index contributed by atoms with van der Waals surface area (Å²) in [5.74, 6) is 0.0170. The Balaban J connectivity index is 1.24. The van der Waals surface area contributed by atoms with Crippen LogP contribution in [0.2, 0.25) is 0 Å². The molecular weight excluding hydrogens is 396 g/mol. The van der Waals surface area contributed by atoms with Crippen LogP contribution in [0.25, 0.3) is 21.9 Å². The first kappa shape index (κ1) is 17.4. The number of hydrazone groups is 1. The van der Waals surface area contributed by atoms with Gasteiger partial charge in [0.2, 0.25) is 5.91 Å². The van der Waals surface area contributed by atoms with Crippen molar-refractivity contribution >= 4 is 45.7 Å². The predicted molar refractivity (Wildman–Crippen MR) is 119 cm³/mol. The first-order valence-electron chi connectivity index (χ1n) is 9.85. The molecule has 6 rings (SSSR count). The summed E-state index contributed by atoms with van der Waals surface area (Å²) in [4.78, 5) is 12.8. The molecule has 0 fully saturated rings. The van der Waals surface area contributed by atoms with Gasteiger partial charge in [-0.15, -0.1) is 0 Å². The number of hydrogen-bond acceptors (Lipinski definition) is 6. The van der Waals surface area contributed by atoms with Crippen LogP contribution < -0.4 is 4.72 Å². The van der Waals surface area contributed by atoms with E-state index in [2.05, 4.69) is 22.0 Å². The maximum Gasteiger partial charge on any atom is 0.247 e. The molecule has 0 spiro atoms. The van der Waals surface area contributed by atoms with E-state index in [1.807, 2.05) is 59.2 Å². The zero-order chi connectivity index (χ0) is 20.1. The van der Waals surface area contributed by atoms with Crippen molar-refractivity contribution in [1.82, 2.24) is 14.0 Å². The molecule has 6 nitrogen and oxygen atoms in total. The van der Waals surface area contributed by atoms with E-state index in [4.69, 9.17) is 4.42 Å². The van der Waals surface area contributed by atoms with Crippen LogP contribution >= 0.6 is 12.1 Å². The Morgan fingerprint density at radius 1 is 1.17 bits per heavy atom. The number of amides is 1. The summed E-state index contributed by atoms with van der Waals surface area (Å²) in [6.45, 7) is 0.613. The van der Waals surface area contributed by atoms with Crippen LogP contribution in [0.4, 0.5) is 0 Å². The van der Waals surface area contributed by atoms with Gasteiger partial charge in [-0.1, -0.05) is 18.2 Å². The number of hydrogen-bond donors (Lipinski definition) is 1. The largest absolute Gasteiger partial charge is 0.456 e. The lowest BCUT2D eigenvalue weighted by Crippen LogP contribution is -2.23. The zero-order valence-corrected chi connectivity index (χ0v) is 16.9. The minimum Gasteiger partial charge on any atom is -0.456 e. The van der Waals surface area contributed by atoms with Gasteiger partial charge in [-0.2, -0.15) is 5.10 Å². The molecule has 0 radical (unpaired) electrons. The molecule has 0 aliphatic carbocycles. The van der Waals surface area contributed by atoms with Gasteiger partial charge in [0, 0.05) is 29.6 Å². The summed E-state index contributed by atoms with van der Waals surface area (Å²) in [5.41, 5.74) is 5.77. The molecule has 3 aliphatic rings. The number of carbonyl (C=O) groups excluding carboxylic acids is 1. The first-order chi connectivity index (χ1) is 14.7. The first-order valence-corrected chi connectivity index (χ1v) is 10.6. The molecule has 3 aromatic rings. The molecule has 2 aromatic carbocycles. The van der Waals surface area contributed by atoms with Crippen molar-refractivity contribution in [2.75, 3.05) is 6.54 Å². The normalized spacial score (nSPS) is 17.8. The fourth-order valence-corrected chi connectivity index (χ4v) is 4.62. The van der Waals surface area contributed by atoms with E-state index in [9.17, 15) is 4.79 Å². The topological polar surface area (TPSA) is 61.1 Å². The molecule has 0 saturated carbocycles. The maximum atomic E-state index is 12.8. The SMILES string of the molecule is O=C(CC1=CC2=CNSN2C=C1)N1CCC(c2ccc3oc4ccccc4c3c2)=N1. The molecule has 0 saturated heterocycles. The molecule has 148 valence electrons. The molecule has 7 heteroatoms. The molecule has 0 atom stereocenters. The van der Waals surface area contributed by atoms with Crippen molar-refractivity contribution in [2.24, 2.45) is 5.10 Å². The van der Waals surface area contributed by atoms with E-state index in [0.29, 0.717) is 13.0 Å². The summed E-state index contributed by atoms with van der Waals surface area (Å²) in [7, 11) is 0. The number of nitrogens with one attached hydrogen (secondary N) is 1. The average Bonchev–Trinajstić information content (AvgIpc) is 3.50. The standard InChI is InChI=1S/C23H18N4O2S/c28-23(12-15-7-10-27-17(11-15)14-24-30-27)26-9-8-20(25-26)16-5-6-22-19(13-16)18-3-1-2-4-21(18)29-22/h1-7,10-11,13-14,24H,8-9,12H2. The summed E-state index contributed by atoms with van der Waals surface area (Å²) < 4.78 is 11.0. The average molecular weight is 414 g/mol. The van der Waals surface area contributed by atoms with E-state index in [-0.39, 0.29) is 5.91 Å². The fourth-order valence-electron chi connectivity index (χ4n) is 4.00. The second kappa shape index (κ2) is 6.81. The van der Waals surface area contributed by atoms with Crippen LogP contribution in [0, 0.1) is 0 Å². The van der Waals surface area contributed by atoms with Gasteiger partial charge in [0.05, 0.1) is 36.5 Å². The number of nitrogens with zero attached hydrogens (tertiary/aromatic N) is 3. The second-order valence-corrected chi connectivity index (χ2v) is 8.25. The van der Waals surface area contributed by atoms with Crippen LogP contribution in [0.5, 0.6) is 0 Å². The van der Waals surface area contributed by atoms with Crippen LogP contribution in [-0.4, -0.2) is 27.5 Å². The third-order valence-corrected chi connectivity index (χ3v) is 6.28. The Hall–Kier alpha value is -3.45. The highest BCUT2D eigenvalue weighted by Crippen LogP contribution is 2.31. The number of benzene rings is 2. The zero-order valence-electron chi connectivity index (χ0n) is 16.0. The maximum absolute atomic E-state index is 12.8. The summed E-state index contributed by atoms with van der Waals surface area (Å²) in [6, 6.07) is 14.2. The van der Waals surface area contributed by atoms with E-state index >= 15 is 0 Å². The second-order valence-electron chi connectivity index (χ2n) is 7.44. The van der Waals surface area contributed by atoms with Crippen molar-refractivity contribution in [3.63, 3.8) is 0 Å². The number of fused-ring (bicyclic) bond motifs is 4. The Bertz CT molecular complexity index is 1320. The molecular formula is C23H18N4O2S. The molecule has 3 aliphatic heterocycles. The van der Waals surface area contributed by atoms with E-state index in [1.54, 1.807) is 5.01 Å². The third-order valence-electron chi connectivity index (χ3n) is 5.52. The highest BCUT2D eigenvalue weighted by Gasteiger charge is 2.24. The lowest BCUT2D eigenvalue weighted by Gasteiger charge is -2.18. The molecule has 4 heterocycles. The Morgan fingerprint density at radius 3 is 3.03 bits per heavy atom. The van der Waals surface area contributed by atoms with Gasteiger partial charge in [0.15, 0.2) is 0 Å². The van der Waals surface area contributed by atoms with Crippen molar-refractivity contribution in [3.05, 3.63) is 83.9 Å². The number of allylic oxidation sites excluding steroid dienone is 2. The number of para-hydroxylation sites is 1. The summed E-state index contributed by atoms with van der Waals surface area (Å²) in [6.07, 6.45) is 9.01. The van der Waals surface area contributed by atoms with E-state index in [0.717, 1.165) is 50.9 Å². The van der Waals surface area contributed by atoms with Gasteiger partial charge in [0.1, 0.15) is 11.2 Å². The van der Waals surface area contributed by atoms with Gasteiger partial charge < -0.3 is 9.14 Å². The quantitative estimate of drug-likeness (QED) is 0.631. The molecule has 1 N–H and O–H groups in total. The Kier molecular flexibility index (Phi) is 3.95. The predicted octanol–water partition coefficient (Wildman–Crippen LogP) is 4.68. The highest BCUT2D eigenvalue weighted by molar-refractivity contribution is 7.95. The van der Waals surface area contributed by atoms with Gasteiger partial charge in [-0.3, -0.25) is 9.10 Å². The number of furan rings is 1. The Morgan fingerprint density at radius 2 is 2.07 bits per heavy atom. The van der Waals surface area contributed by atoms with Gasteiger partial charge in [0.25, 0.3) is 0 Å². The molecule has 1 amide bonds. The van der Waals surface area contributed by atoms with E-state index in [1.165, 1.54) is 12.1 Å². The van der Waals surface area contributed by atoms with Crippen LogP contribution in [0.1, 0.15) is 18.4 Å². The van der Waals surface area contributed by atoms with Gasteiger partial charge >= 0.3 is 0 Å². The highest BCUT2D eigenvalue weighted by atomic mass is 32.2. The van der Waals surface area contributed by atoms with Gasteiger partial charge in [-0.25, -0.2) is 5.01 Å². The molecule has 30 heavy (non-hydrogen) atoms. The van der Waals surface area contributed by atoms with Crippen molar-refractivity contribution in [1.29, 1.82) is 0 Å². The lowest BCUT2D eigenvalue weighted by molar-refractivity contribution is -0.129. The van der Waals surface area contributed by atoms with Crippen molar-refractivity contribution in [3.8, 4) is 0 Å². The number of carbonyl (C=O) groups is 1. The Labute approximate surface area is 177 Å². The minimum absolute atomic E-state index is 0.0170. The van der Waals surface area contributed by atoms with Crippen molar-refractivity contribution in [2.45, 2.75) is 12.8 Å². The summed E-state index contributed by atoms with van der Waals surface area (Å²) >= 11 is 1.51. The van der Waals surface area contributed by atoms with Crippen molar-refractivity contribution < 1.29 is 9.21 Å². The molecule has 0 bridgehead atoms.